The topological polar surface area (TPSA) is 137 Å². The molecule has 1 aromatic carbocycles. The van der Waals surface area contributed by atoms with Crippen molar-refractivity contribution in [2.75, 3.05) is 29.3 Å². The third-order valence-corrected chi connectivity index (χ3v) is 5.08. The normalized spacial score (nSPS) is 14.2. The van der Waals surface area contributed by atoms with Crippen LogP contribution in [-0.2, 0) is 4.84 Å². The van der Waals surface area contributed by atoms with Crippen LogP contribution in [0.5, 0.6) is 0 Å². The minimum Gasteiger partial charge on any atom is -0.383 e. The number of rotatable bonds is 3. The van der Waals surface area contributed by atoms with Gasteiger partial charge in [-0.3, -0.25) is 0 Å². The van der Waals surface area contributed by atoms with E-state index in [1.807, 2.05) is 43.8 Å². The number of anilines is 4. The molecule has 31 heavy (non-hydrogen) atoms. The van der Waals surface area contributed by atoms with Crippen LogP contribution in [0.2, 0.25) is 5.15 Å². The minimum absolute atomic E-state index is 0.00157. The molecule has 1 atom stereocenters. The lowest BCUT2D eigenvalue weighted by Crippen LogP contribution is -2.31. The van der Waals surface area contributed by atoms with Gasteiger partial charge in [0.25, 0.3) is 0 Å². The third kappa shape index (κ3) is 3.99. The first kappa shape index (κ1) is 22.7. The molecule has 3 heterocycles. The molecule has 10 nitrogen and oxygen atoms in total. The predicted octanol–water partition coefficient (Wildman–Crippen LogP) is 3.04. The molecule has 0 fully saturated rings. The number of para-hydroxylation sites is 1. The first-order valence-electron chi connectivity index (χ1n) is 9.20. The number of halogens is 1. The smallest absolute Gasteiger partial charge is 0.362 e. The van der Waals surface area contributed by atoms with Crippen LogP contribution in [0.15, 0.2) is 24.3 Å². The van der Waals surface area contributed by atoms with Gasteiger partial charge in [0.2, 0.25) is 0 Å². The minimum atomic E-state index is -0.824. The Hall–Kier alpha value is -3.02. The number of aromatic nitrogens is 4. The number of benzene rings is 1. The van der Waals surface area contributed by atoms with Crippen molar-refractivity contribution in [2.45, 2.75) is 19.9 Å². The summed E-state index contributed by atoms with van der Waals surface area (Å²) in [6.45, 7) is 3.89. The fraction of sp³-hybridized carbons (Fsp3) is 0.263. The highest BCUT2D eigenvalue weighted by Crippen LogP contribution is 2.42. The molecule has 1 aliphatic rings. The van der Waals surface area contributed by atoms with Crippen molar-refractivity contribution in [1.29, 1.82) is 0 Å². The maximum Gasteiger partial charge on any atom is 0.362 e. The Morgan fingerprint density at radius 2 is 2.00 bits per heavy atom. The van der Waals surface area contributed by atoms with E-state index >= 15 is 0 Å². The molecule has 0 radical (unpaired) electrons. The van der Waals surface area contributed by atoms with Crippen molar-refractivity contribution in [3.63, 3.8) is 0 Å². The van der Waals surface area contributed by atoms with Crippen LogP contribution in [-0.4, -0.2) is 39.0 Å². The number of hydrogen-bond donors (Lipinski definition) is 4. The van der Waals surface area contributed by atoms with Gasteiger partial charge in [-0.2, -0.15) is 23.6 Å². The lowest BCUT2D eigenvalue weighted by Gasteiger charge is -2.35. The summed E-state index contributed by atoms with van der Waals surface area (Å²) < 4.78 is 1.82. The van der Waals surface area contributed by atoms with E-state index < -0.39 is 5.97 Å². The zero-order chi connectivity index (χ0) is 22.9. The summed E-state index contributed by atoms with van der Waals surface area (Å²) in [6.07, 6.45) is 1.69. The van der Waals surface area contributed by atoms with E-state index in [4.69, 9.17) is 23.2 Å². The van der Waals surface area contributed by atoms with Crippen molar-refractivity contribution in [2.24, 2.45) is 5.90 Å². The number of carbonyl (C=O) groups is 1. The molecular weight excluding hydrogens is 440 g/mol. The number of nitrogens with two attached hydrogens (primary N) is 2. The average molecular weight is 463 g/mol. The first-order chi connectivity index (χ1) is 14.8. The Bertz CT molecular complexity index is 1140. The second kappa shape index (κ2) is 9.00. The summed E-state index contributed by atoms with van der Waals surface area (Å²) in [7, 11) is 1.96. The summed E-state index contributed by atoms with van der Waals surface area (Å²) in [5.74, 6) is 5.68. The molecule has 0 saturated carbocycles. The van der Waals surface area contributed by atoms with Gasteiger partial charge in [0.1, 0.15) is 22.4 Å². The Morgan fingerprint density at radius 3 is 2.68 bits per heavy atom. The van der Waals surface area contributed by atoms with Crippen LogP contribution in [0.4, 0.5) is 22.9 Å². The summed E-state index contributed by atoms with van der Waals surface area (Å²) >= 11 is 9.58. The van der Waals surface area contributed by atoms with Gasteiger partial charge in [-0.25, -0.2) is 19.4 Å². The van der Waals surface area contributed by atoms with E-state index in [1.165, 1.54) is 6.07 Å². The van der Waals surface area contributed by atoms with Crippen molar-refractivity contribution >= 4 is 53.1 Å². The molecule has 0 saturated heterocycles. The van der Waals surface area contributed by atoms with Crippen LogP contribution < -0.4 is 21.8 Å². The molecular formula is C19H23ClN8O2S. The molecule has 0 spiro atoms. The second-order valence-electron chi connectivity index (χ2n) is 6.67. The molecule has 5 N–H and O–H groups in total. The highest BCUT2D eigenvalue weighted by molar-refractivity contribution is 7.79. The van der Waals surface area contributed by atoms with Gasteiger partial charge in [0, 0.05) is 13.1 Å². The molecule has 2 aromatic heterocycles. The van der Waals surface area contributed by atoms with E-state index in [1.54, 1.807) is 6.26 Å². The van der Waals surface area contributed by atoms with E-state index in [9.17, 15) is 4.79 Å². The third-order valence-electron chi connectivity index (χ3n) is 4.88. The Morgan fingerprint density at radius 1 is 1.29 bits per heavy atom. The van der Waals surface area contributed by atoms with Crippen LogP contribution in [0.25, 0.3) is 5.69 Å². The maximum atomic E-state index is 12.1. The van der Waals surface area contributed by atoms with Crippen LogP contribution >= 0.6 is 24.2 Å². The number of nitrogens with zero attached hydrogens (tertiary/aromatic N) is 5. The Balaban J connectivity index is 0.00000132. The number of thiol groups is 1. The van der Waals surface area contributed by atoms with Gasteiger partial charge in [-0.1, -0.05) is 17.7 Å². The van der Waals surface area contributed by atoms with E-state index in [2.05, 4.69) is 42.7 Å². The number of pyridine rings is 1. The number of hydrogen-bond acceptors (Lipinski definition) is 10. The van der Waals surface area contributed by atoms with Gasteiger partial charge in [-0.05, 0) is 32.2 Å². The Kier molecular flexibility index (Phi) is 6.58. The van der Waals surface area contributed by atoms with Gasteiger partial charge in [0.05, 0.1) is 28.8 Å². The van der Waals surface area contributed by atoms with Gasteiger partial charge in [0.15, 0.2) is 5.82 Å². The lowest BCUT2D eigenvalue weighted by atomic mass is 10.1. The Labute approximate surface area is 189 Å². The van der Waals surface area contributed by atoms with E-state index in [0.717, 1.165) is 17.2 Å². The van der Waals surface area contributed by atoms with Gasteiger partial charge < -0.3 is 20.8 Å². The molecule has 1 unspecified atom stereocenters. The monoisotopic (exact) mass is 462 g/mol. The average Bonchev–Trinajstić information content (AvgIpc) is 3.14. The summed E-state index contributed by atoms with van der Waals surface area (Å²) in [4.78, 5) is 27.0. The number of aryl methyl sites for hydroxylation is 1. The van der Waals surface area contributed by atoms with Crippen molar-refractivity contribution < 1.29 is 9.63 Å². The van der Waals surface area contributed by atoms with E-state index in [-0.39, 0.29) is 22.6 Å². The highest BCUT2D eigenvalue weighted by atomic mass is 35.5. The van der Waals surface area contributed by atoms with Crippen LogP contribution in [0, 0.1) is 6.92 Å². The molecule has 12 heteroatoms. The molecule has 3 aromatic rings. The molecule has 0 amide bonds. The second-order valence-corrected chi connectivity index (χ2v) is 7.06. The first-order valence-corrected chi connectivity index (χ1v) is 10.5. The maximum absolute atomic E-state index is 12.1. The largest absolute Gasteiger partial charge is 0.383 e. The summed E-state index contributed by atoms with van der Waals surface area (Å²) in [6, 6.07) is 7.16. The molecule has 164 valence electrons. The quantitative estimate of drug-likeness (QED) is 0.263. The fourth-order valence-corrected chi connectivity index (χ4v) is 3.67. The predicted molar refractivity (Wildman–Crippen MR) is 124 cm³/mol. The standard InChI is InChI=1S/C18H19ClN8O2.CH4S/c1-8-17-22-9(2)25-27(17)12-6-4-5-10(15(12)26(8)3)23-11-7-13(19)24-16(20)14(11)18(28)29-21;1-2/h4-8H,21H2,1-3H3,(H3,20,23,24);2H,1H3. The lowest BCUT2D eigenvalue weighted by molar-refractivity contribution is 0.0505. The number of carbonyl (C=O) groups excluding carboxylic acids is 1. The van der Waals surface area contributed by atoms with Crippen molar-refractivity contribution in [3.05, 3.63) is 46.6 Å². The van der Waals surface area contributed by atoms with Crippen LogP contribution in [0.1, 0.15) is 35.0 Å². The summed E-state index contributed by atoms with van der Waals surface area (Å²) in [5.41, 5.74) is 8.64. The highest BCUT2D eigenvalue weighted by Gasteiger charge is 2.31. The fourth-order valence-electron chi connectivity index (χ4n) is 3.47. The number of fused-ring (bicyclic) bond motifs is 3. The SMILES string of the molecule is CS.Cc1nc2n(n1)-c1cccc(Nc3cc(Cl)nc(N)c3C(=O)ON)c1N(C)C2C. The van der Waals surface area contributed by atoms with Crippen molar-refractivity contribution in [3.8, 4) is 5.69 Å². The summed E-state index contributed by atoms with van der Waals surface area (Å²) in [5, 5.41) is 7.87. The number of nitrogens with one attached hydrogen (secondary N) is 1. The molecule has 4 rings (SSSR count). The van der Waals surface area contributed by atoms with Crippen LogP contribution in [0.3, 0.4) is 0 Å². The molecule has 1 aliphatic heterocycles. The van der Waals surface area contributed by atoms with E-state index in [0.29, 0.717) is 17.2 Å². The number of nitrogen functional groups attached to an aromatic ring is 1. The van der Waals surface area contributed by atoms with Gasteiger partial charge >= 0.3 is 5.97 Å². The molecule has 0 bridgehead atoms. The van der Waals surface area contributed by atoms with Crippen molar-refractivity contribution in [1.82, 2.24) is 19.7 Å². The zero-order valence-corrected chi connectivity index (χ0v) is 19.1. The molecule has 0 aliphatic carbocycles. The zero-order valence-electron chi connectivity index (χ0n) is 17.4. The van der Waals surface area contributed by atoms with Gasteiger partial charge in [-0.15, -0.1) is 0 Å².